The Labute approximate surface area is 85.2 Å². The monoisotopic (exact) mass is 207 g/mol. The Morgan fingerprint density at radius 3 is 3.00 bits per heavy atom. The van der Waals surface area contributed by atoms with E-state index in [-0.39, 0.29) is 0 Å². The highest BCUT2D eigenvalue weighted by Crippen LogP contribution is 2.20. The summed E-state index contributed by atoms with van der Waals surface area (Å²) < 4.78 is 4.04. The standard InChI is InChI=1S/C8H9N5S/c1-5-11-8(14-13-5)12-7-6(9)3-2-4-10-7/h2-4H,9H2,1H3,(H,10,11,12,13). The summed E-state index contributed by atoms with van der Waals surface area (Å²) in [6.07, 6.45) is 1.67. The molecule has 5 nitrogen and oxygen atoms in total. The third kappa shape index (κ3) is 1.80. The minimum Gasteiger partial charge on any atom is -0.396 e. The largest absolute Gasteiger partial charge is 0.396 e. The maximum Gasteiger partial charge on any atom is 0.208 e. The van der Waals surface area contributed by atoms with Gasteiger partial charge in [-0.05, 0) is 19.1 Å². The molecule has 0 aliphatic heterocycles. The van der Waals surface area contributed by atoms with Gasteiger partial charge in [0, 0.05) is 17.7 Å². The molecule has 0 saturated carbocycles. The highest BCUT2D eigenvalue weighted by molar-refractivity contribution is 7.09. The molecule has 0 amide bonds. The summed E-state index contributed by atoms with van der Waals surface area (Å²) in [6.45, 7) is 1.84. The fourth-order valence-electron chi connectivity index (χ4n) is 0.971. The van der Waals surface area contributed by atoms with Gasteiger partial charge in [0.1, 0.15) is 5.82 Å². The highest BCUT2D eigenvalue weighted by Gasteiger charge is 2.03. The zero-order chi connectivity index (χ0) is 9.97. The van der Waals surface area contributed by atoms with Gasteiger partial charge in [-0.15, -0.1) is 0 Å². The first kappa shape index (κ1) is 8.89. The number of pyridine rings is 1. The van der Waals surface area contributed by atoms with E-state index in [4.69, 9.17) is 5.73 Å². The zero-order valence-electron chi connectivity index (χ0n) is 7.56. The van der Waals surface area contributed by atoms with Crippen LogP contribution in [-0.2, 0) is 0 Å². The van der Waals surface area contributed by atoms with E-state index < -0.39 is 0 Å². The van der Waals surface area contributed by atoms with Gasteiger partial charge in [0.2, 0.25) is 5.13 Å². The quantitative estimate of drug-likeness (QED) is 0.781. The molecule has 2 aromatic heterocycles. The number of nitrogens with two attached hydrogens (primary N) is 1. The van der Waals surface area contributed by atoms with Crippen molar-refractivity contribution in [3.05, 3.63) is 24.2 Å². The van der Waals surface area contributed by atoms with Crippen LogP contribution < -0.4 is 11.1 Å². The molecule has 0 aliphatic rings. The lowest BCUT2D eigenvalue weighted by Crippen LogP contribution is -1.97. The predicted molar refractivity (Wildman–Crippen MR) is 56.6 cm³/mol. The number of hydrogen-bond acceptors (Lipinski definition) is 6. The van der Waals surface area contributed by atoms with Crippen LogP contribution in [0.25, 0.3) is 0 Å². The van der Waals surface area contributed by atoms with Crippen LogP contribution in [0.2, 0.25) is 0 Å². The summed E-state index contributed by atoms with van der Waals surface area (Å²) in [4.78, 5) is 8.23. The van der Waals surface area contributed by atoms with Crippen molar-refractivity contribution in [1.29, 1.82) is 0 Å². The molecule has 0 bridgehead atoms. The molecule has 2 rings (SSSR count). The number of hydrogen-bond donors (Lipinski definition) is 2. The molecule has 0 aromatic carbocycles. The van der Waals surface area contributed by atoms with E-state index in [0.29, 0.717) is 16.6 Å². The lowest BCUT2D eigenvalue weighted by Gasteiger charge is -2.02. The van der Waals surface area contributed by atoms with Crippen LogP contribution >= 0.6 is 11.5 Å². The Kier molecular flexibility index (Phi) is 2.28. The van der Waals surface area contributed by atoms with Gasteiger partial charge >= 0.3 is 0 Å². The number of nitrogens with one attached hydrogen (secondary N) is 1. The normalized spacial score (nSPS) is 10.1. The van der Waals surface area contributed by atoms with Crippen molar-refractivity contribution in [3.63, 3.8) is 0 Å². The SMILES string of the molecule is Cc1nsc(Nc2ncccc2N)n1. The number of anilines is 3. The summed E-state index contributed by atoms with van der Waals surface area (Å²) in [6, 6.07) is 3.56. The molecule has 6 heteroatoms. The lowest BCUT2D eigenvalue weighted by atomic mass is 10.4. The summed E-state index contributed by atoms with van der Waals surface area (Å²) in [5, 5.41) is 3.70. The molecule has 2 aromatic rings. The van der Waals surface area contributed by atoms with Gasteiger partial charge in [-0.2, -0.15) is 4.37 Å². The van der Waals surface area contributed by atoms with E-state index in [1.807, 2.05) is 6.92 Å². The number of nitrogen functional groups attached to an aromatic ring is 1. The molecule has 0 radical (unpaired) electrons. The van der Waals surface area contributed by atoms with Gasteiger partial charge in [-0.25, -0.2) is 9.97 Å². The minimum absolute atomic E-state index is 0.598. The van der Waals surface area contributed by atoms with Crippen LogP contribution in [0.5, 0.6) is 0 Å². The number of aromatic nitrogens is 3. The molecular formula is C8H9N5S. The Balaban J connectivity index is 2.23. The first-order chi connectivity index (χ1) is 6.75. The van der Waals surface area contributed by atoms with Crippen molar-refractivity contribution >= 4 is 28.2 Å². The average Bonchev–Trinajstić information content (AvgIpc) is 2.56. The van der Waals surface area contributed by atoms with Crippen molar-refractivity contribution < 1.29 is 0 Å². The summed E-state index contributed by atoms with van der Waals surface area (Å²) >= 11 is 1.29. The average molecular weight is 207 g/mol. The third-order valence-corrected chi connectivity index (χ3v) is 2.31. The van der Waals surface area contributed by atoms with Crippen molar-refractivity contribution in [2.45, 2.75) is 6.92 Å². The fraction of sp³-hybridized carbons (Fsp3) is 0.125. The molecule has 0 unspecified atom stereocenters. The van der Waals surface area contributed by atoms with Gasteiger partial charge in [0.25, 0.3) is 0 Å². The fourth-order valence-corrected chi connectivity index (χ4v) is 1.55. The second-order valence-corrected chi connectivity index (χ2v) is 3.46. The number of rotatable bonds is 2. The molecule has 0 atom stereocenters. The van der Waals surface area contributed by atoms with Gasteiger partial charge in [0.15, 0.2) is 5.82 Å². The maximum atomic E-state index is 5.71. The van der Waals surface area contributed by atoms with E-state index in [9.17, 15) is 0 Å². The van der Waals surface area contributed by atoms with Gasteiger partial charge in [-0.1, -0.05) is 0 Å². The molecule has 3 N–H and O–H groups in total. The van der Waals surface area contributed by atoms with Crippen molar-refractivity contribution in [3.8, 4) is 0 Å². The van der Waals surface area contributed by atoms with E-state index in [2.05, 4.69) is 19.7 Å². The molecular weight excluding hydrogens is 198 g/mol. The molecule has 14 heavy (non-hydrogen) atoms. The van der Waals surface area contributed by atoms with Crippen LogP contribution in [0.4, 0.5) is 16.6 Å². The molecule has 72 valence electrons. The van der Waals surface area contributed by atoms with Gasteiger partial charge < -0.3 is 11.1 Å². The van der Waals surface area contributed by atoms with Crippen molar-refractivity contribution in [1.82, 2.24) is 14.3 Å². The van der Waals surface area contributed by atoms with Crippen molar-refractivity contribution in [2.24, 2.45) is 0 Å². The zero-order valence-corrected chi connectivity index (χ0v) is 8.38. The van der Waals surface area contributed by atoms with Gasteiger partial charge in [0.05, 0.1) is 5.69 Å². The van der Waals surface area contributed by atoms with Crippen molar-refractivity contribution in [2.75, 3.05) is 11.1 Å². The Hall–Kier alpha value is -1.69. The third-order valence-electron chi connectivity index (χ3n) is 1.59. The van der Waals surface area contributed by atoms with Crippen LogP contribution in [-0.4, -0.2) is 14.3 Å². The van der Waals surface area contributed by atoms with E-state index in [1.54, 1.807) is 18.3 Å². The number of aryl methyl sites for hydroxylation is 1. The second kappa shape index (κ2) is 3.59. The second-order valence-electron chi connectivity index (χ2n) is 2.71. The molecule has 0 aliphatic carbocycles. The first-order valence-corrected chi connectivity index (χ1v) is 4.81. The maximum absolute atomic E-state index is 5.71. The van der Waals surface area contributed by atoms with Crippen LogP contribution in [0.3, 0.4) is 0 Å². The summed E-state index contributed by atoms with van der Waals surface area (Å²) in [5.41, 5.74) is 6.30. The Bertz CT molecular complexity index is 439. The topological polar surface area (TPSA) is 76.7 Å². The molecule has 0 spiro atoms. The molecule has 0 fully saturated rings. The van der Waals surface area contributed by atoms with Gasteiger partial charge in [-0.3, -0.25) is 0 Å². The van der Waals surface area contributed by atoms with E-state index >= 15 is 0 Å². The Morgan fingerprint density at radius 1 is 1.50 bits per heavy atom. The summed E-state index contributed by atoms with van der Waals surface area (Å²) in [5.74, 6) is 1.36. The van der Waals surface area contributed by atoms with E-state index in [1.165, 1.54) is 11.5 Å². The summed E-state index contributed by atoms with van der Waals surface area (Å²) in [7, 11) is 0. The number of nitrogens with zero attached hydrogens (tertiary/aromatic N) is 3. The minimum atomic E-state index is 0.598. The van der Waals surface area contributed by atoms with Crippen LogP contribution in [0.15, 0.2) is 18.3 Å². The smallest absolute Gasteiger partial charge is 0.208 e. The highest BCUT2D eigenvalue weighted by atomic mass is 32.1. The molecule has 0 saturated heterocycles. The lowest BCUT2D eigenvalue weighted by molar-refractivity contribution is 1.16. The van der Waals surface area contributed by atoms with Crippen LogP contribution in [0, 0.1) is 6.92 Å². The molecule has 2 heterocycles. The predicted octanol–water partition coefficient (Wildman–Crippen LogP) is 1.57. The first-order valence-electron chi connectivity index (χ1n) is 4.03. The van der Waals surface area contributed by atoms with E-state index in [0.717, 1.165) is 5.82 Å². The Morgan fingerprint density at radius 2 is 2.36 bits per heavy atom. The van der Waals surface area contributed by atoms with Crippen LogP contribution in [0.1, 0.15) is 5.82 Å².